The van der Waals surface area contributed by atoms with Gasteiger partial charge in [0.2, 0.25) is 0 Å². The molecule has 0 aliphatic carbocycles. The molecule has 0 fully saturated rings. The molecule has 0 bridgehead atoms. The molecule has 2 aliphatic heterocycles. The number of aromatic nitrogens is 2. The summed E-state index contributed by atoms with van der Waals surface area (Å²) < 4.78 is 76.9. The van der Waals surface area contributed by atoms with Crippen LogP contribution in [0.5, 0.6) is 46.0 Å². The van der Waals surface area contributed by atoms with Crippen molar-refractivity contribution in [2.75, 3.05) is 80.1 Å². The lowest BCUT2D eigenvalue weighted by atomic mass is 9.80. The number of carbonyl (C=O) groups is 6. The van der Waals surface area contributed by atoms with Crippen molar-refractivity contribution in [3.63, 3.8) is 0 Å². The van der Waals surface area contributed by atoms with E-state index in [4.69, 9.17) is 64.9 Å². The molecule has 0 radical (unpaired) electrons. The second-order valence-corrected chi connectivity index (χ2v) is 39.4. The predicted octanol–water partition coefficient (Wildman–Crippen LogP) is 19.9. The van der Waals surface area contributed by atoms with Crippen molar-refractivity contribution < 1.29 is 83.7 Å². The first-order valence-electron chi connectivity index (χ1n) is 41.2. The van der Waals surface area contributed by atoms with Crippen molar-refractivity contribution >= 4 is 108 Å². The molecular formula is C96H110N6O18Si2. The third kappa shape index (κ3) is 16.4. The smallest absolute Gasteiger partial charge is 0.456 e. The SMILES string of the molecule is COCN(C(=O)C(C(C)C)N1C(=O)c2cc(Oc3ccc(C(C)C)cc3C)c3c4c(Oc5ccc(C(C)C)cc5C)cc5c6c(cc(Oc7ccc(C(C)C)cc7C)c(c7c(Oc8ccc(C(C)C)cc8C)cc(c2c37)C1=O)c64)C(=O)N(C(C(=O)N(COC)c1cc(C[Si](OC)(OC)OC)ccn1)C(C)C)C5=O)c1cc(C[Si](OC)(OC)OC)ccn1. The first-order chi connectivity index (χ1) is 58.1. The van der Waals surface area contributed by atoms with Gasteiger partial charge in [0.05, 0.1) is 22.3 Å². The van der Waals surface area contributed by atoms with Crippen LogP contribution in [0, 0.1) is 39.5 Å². The number of aryl methyl sites for hydroxylation is 4. The van der Waals surface area contributed by atoms with Crippen molar-refractivity contribution in [2.24, 2.45) is 11.8 Å². The zero-order chi connectivity index (χ0) is 88.2. The molecule has 6 amide bonds. The molecule has 2 unspecified atom stereocenters. The van der Waals surface area contributed by atoms with Gasteiger partial charge in [0.25, 0.3) is 35.4 Å². The van der Waals surface area contributed by atoms with E-state index >= 15 is 28.8 Å². The third-order valence-electron chi connectivity index (χ3n) is 23.6. The normalized spacial score (nSPS) is 13.8. The third-order valence-corrected chi connectivity index (χ3v) is 29.0. The minimum Gasteiger partial charge on any atom is -0.456 e. The molecule has 0 saturated carbocycles. The lowest BCUT2D eigenvalue weighted by molar-refractivity contribution is -0.125. The summed E-state index contributed by atoms with van der Waals surface area (Å²) in [5.74, 6) is -3.77. The van der Waals surface area contributed by atoms with Gasteiger partial charge in [-0.2, -0.15) is 0 Å². The fourth-order valence-electron chi connectivity index (χ4n) is 16.8. The number of fused-ring (bicyclic) bond motifs is 2. The molecule has 0 N–H and O–H groups in total. The standard InChI is InChI=1S/C96H110N6O18Si2/c1-51(2)63-25-29-71(57(13)37-63)117-75-43-67-81-68(92(104)101(91(67)103)89(55(9)10)95(107)99(49-109-17)79-41-61(33-35-97-79)47-121(111-19,112-20)113-21)45-77(119-73-31-27-65(53(5)6)39-59(73)15)85-86-78(120-74-32-28-66(54(7)8)40-60(74)16)46-70-82-69(44-76(84(88(82)86)83(75)87(81)85)118-72-30-26-64(52(3)4)38-58(72)14)93(105)102(94(70)106)90(56(11)12)96(108)100(50-110-18)80-42-62(34-36-98-80)48-122(114-22,115-23)116-24/h25-46,51-56,89-90H,47-50H2,1-24H3. The van der Waals surface area contributed by atoms with E-state index in [1.807, 2.05) is 100 Å². The van der Waals surface area contributed by atoms with E-state index in [2.05, 4.69) is 55.4 Å². The number of ether oxygens (including phenoxy) is 6. The predicted molar refractivity (Wildman–Crippen MR) is 475 cm³/mol. The highest BCUT2D eigenvalue weighted by Gasteiger charge is 2.50. The fourth-order valence-corrected chi connectivity index (χ4v) is 20.1. The highest BCUT2D eigenvalue weighted by atomic mass is 28.4. The van der Waals surface area contributed by atoms with Gasteiger partial charge in [-0.3, -0.25) is 48.4 Å². The number of methoxy groups -OCH3 is 2. The molecule has 2 aliphatic rings. The molecule has 13 rings (SSSR count). The van der Waals surface area contributed by atoms with E-state index in [1.54, 1.807) is 88.6 Å². The Hall–Kier alpha value is -10.9. The number of hydrogen-bond acceptors (Lipinski definition) is 20. The molecule has 640 valence electrons. The van der Waals surface area contributed by atoms with E-state index in [0.29, 0.717) is 34.1 Å². The molecule has 4 heterocycles. The van der Waals surface area contributed by atoms with Crippen LogP contribution in [0.1, 0.15) is 204 Å². The molecule has 9 aromatic carbocycles. The zero-order valence-corrected chi connectivity index (χ0v) is 76.2. The minimum atomic E-state index is -3.27. The van der Waals surface area contributed by atoms with Crippen molar-refractivity contribution in [1.82, 2.24) is 19.8 Å². The topological polar surface area (TPSA) is 252 Å². The zero-order valence-electron chi connectivity index (χ0n) is 74.2. The summed E-state index contributed by atoms with van der Waals surface area (Å²) in [4.78, 5) is 115. The van der Waals surface area contributed by atoms with Crippen LogP contribution in [0.4, 0.5) is 11.6 Å². The first kappa shape index (κ1) is 88.9. The van der Waals surface area contributed by atoms with Gasteiger partial charge in [0.15, 0.2) is 0 Å². The van der Waals surface area contributed by atoms with Crippen LogP contribution in [0.15, 0.2) is 134 Å². The second kappa shape index (κ2) is 35.9. The van der Waals surface area contributed by atoms with Gasteiger partial charge in [-0.1, -0.05) is 132 Å². The Labute approximate surface area is 715 Å². The van der Waals surface area contributed by atoms with Crippen molar-refractivity contribution in [3.8, 4) is 46.0 Å². The maximum absolute atomic E-state index is 17.0. The average Bonchev–Trinajstić information content (AvgIpc) is 0.668. The van der Waals surface area contributed by atoms with Gasteiger partial charge in [0, 0.05) is 124 Å². The molecule has 122 heavy (non-hydrogen) atoms. The number of nitrogens with zero attached hydrogens (tertiary/aromatic N) is 6. The van der Waals surface area contributed by atoms with Crippen LogP contribution in [0.2, 0.25) is 0 Å². The monoisotopic (exact) mass is 1690 g/mol. The molecule has 0 saturated heterocycles. The summed E-state index contributed by atoms with van der Waals surface area (Å²) in [5.41, 5.74) is 8.19. The van der Waals surface area contributed by atoms with E-state index in [0.717, 1.165) is 54.3 Å². The van der Waals surface area contributed by atoms with Crippen molar-refractivity contribution in [2.45, 2.75) is 159 Å². The van der Waals surface area contributed by atoms with Crippen LogP contribution in [-0.2, 0) is 57.7 Å². The Kier molecular flexibility index (Phi) is 26.2. The van der Waals surface area contributed by atoms with Gasteiger partial charge in [0.1, 0.15) is 83.2 Å². The fraction of sp³-hybridized carbons (Fsp3) is 0.375. The highest BCUT2D eigenvalue weighted by Crippen LogP contribution is 2.59. The van der Waals surface area contributed by atoms with Crippen LogP contribution in [0.25, 0.3) is 43.1 Å². The van der Waals surface area contributed by atoms with Crippen molar-refractivity contribution in [3.05, 3.63) is 212 Å². The van der Waals surface area contributed by atoms with Crippen LogP contribution in [0.3, 0.4) is 0 Å². The summed E-state index contributed by atoms with van der Waals surface area (Å²) in [6.07, 6.45) is 3.08. The van der Waals surface area contributed by atoms with E-state index < -0.39 is 77.0 Å². The number of hydrogen-bond donors (Lipinski definition) is 0. The summed E-state index contributed by atoms with van der Waals surface area (Å²) in [5, 5.41) is 1.90. The van der Waals surface area contributed by atoms with Gasteiger partial charge in [-0.05, 0) is 192 Å². The van der Waals surface area contributed by atoms with Gasteiger partial charge >= 0.3 is 17.6 Å². The van der Waals surface area contributed by atoms with Crippen molar-refractivity contribution in [1.29, 1.82) is 0 Å². The molecular weight excluding hydrogens is 1580 g/mol. The number of pyridine rings is 2. The summed E-state index contributed by atoms with van der Waals surface area (Å²) in [6.45, 7) is 30.9. The first-order valence-corrected chi connectivity index (χ1v) is 45.1. The Morgan fingerprint density at radius 2 is 0.590 bits per heavy atom. The van der Waals surface area contributed by atoms with Gasteiger partial charge < -0.3 is 55.0 Å². The van der Waals surface area contributed by atoms with Crippen LogP contribution < -0.4 is 28.7 Å². The number of amides is 6. The molecule has 2 atom stereocenters. The van der Waals surface area contributed by atoms with Gasteiger partial charge in [-0.15, -0.1) is 0 Å². The Morgan fingerprint density at radius 3 is 0.803 bits per heavy atom. The maximum atomic E-state index is 17.0. The minimum absolute atomic E-state index is 0.0316. The number of benzene rings is 9. The van der Waals surface area contributed by atoms with E-state index in [1.165, 1.54) is 66.7 Å². The largest absolute Gasteiger partial charge is 0.504 e. The average molecular weight is 1690 g/mol. The van der Waals surface area contributed by atoms with E-state index in [-0.39, 0.29) is 149 Å². The number of anilines is 2. The Balaban J connectivity index is 1.18. The summed E-state index contributed by atoms with van der Waals surface area (Å²) >= 11 is 0. The van der Waals surface area contributed by atoms with Gasteiger partial charge in [-0.25, -0.2) is 9.97 Å². The number of carbonyl (C=O) groups excluding carboxylic acids is 6. The lowest BCUT2D eigenvalue weighted by Crippen LogP contribution is -2.57. The Bertz CT molecular complexity index is 5300. The number of imide groups is 2. The maximum Gasteiger partial charge on any atom is 0.504 e. The van der Waals surface area contributed by atoms with E-state index in [9.17, 15) is 0 Å². The summed E-state index contributed by atoms with van der Waals surface area (Å²) in [7, 11) is 5.37. The summed E-state index contributed by atoms with van der Waals surface area (Å²) in [6, 6.07) is 34.2. The molecule has 26 heteroatoms. The molecule has 11 aromatic rings. The quantitative estimate of drug-likeness (QED) is 0.0119. The van der Waals surface area contributed by atoms with Crippen LogP contribution >= 0.6 is 0 Å². The molecule has 2 aromatic heterocycles. The lowest BCUT2D eigenvalue weighted by Gasteiger charge is -2.39. The Morgan fingerprint density at radius 1 is 0.336 bits per heavy atom. The van der Waals surface area contributed by atoms with Crippen LogP contribution in [-0.4, -0.2) is 155 Å². The molecule has 24 nitrogen and oxygen atoms in total. The second-order valence-electron chi connectivity index (χ2n) is 33.5. The molecule has 0 spiro atoms. The highest BCUT2D eigenvalue weighted by molar-refractivity contribution is 6.60. The number of rotatable bonds is 34.